The van der Waals surface area contributed by atoms with Crippen LogP contribution >= 0.6 is 0 Å². The van der Waals surface area contributed by atoms with Gasteiger partial charge in [0.25, 0.3) is 5.56 Å². The van der Waals surface area contributed by atoms with Gasteiger partial charge in [0.2, 0.25) is 0 Å². The largest absolute Gasteiger partial charge is 0.398 e. The molecule has 0 aliphatic heterocycles. The highest BCUT2D eigenvalue weighted by atomic mass is 19.1. The summed E-state index contributed by atoms with van der Waals surface area (Å²) in [5.41, 5.74) is 6.94. The topological polar surface area (TPSA) is 60.9 Å². The molecule has 0 aliphatic carbocycles. The zero-order chi connectivity index (χ0) is 12.6. The molecule has 5 heteroatoms. The van der Waals surface area contributed by atoms with Crippen LogP contribution in [0.5, 0.6) is 0 Å². The fraction of sp³-hybridized carbons (Fsp3) is 0.167. The van der Waals surface area contributed by atoms with Gasteiger partial charge < -0.3 is 5.73 Å². The van der Waals surface area contributed by atoms with Gasteiger partial charge >= 0.3 is 0 Å². The molecule has 4 nitrogen and oxygen atoms in total. The highest BCUT2D eigenvalue weighted by molar-refractivity contribution is 5.68. The number of nitrogens with two attached hydrogens (primary N) is 1. The Morgan fingerprint density at radius 1 is 1.35 bits per heavy atom. The van der Waals surface area contributed by atoms with E-state index in [0.717, 1.165) is 4.68 Å². The maximum Gasteiger partial charge on any atom is 0.274 e. The number of hydrogen-bond donors (Lipinski definition) is 1. The third kappa shape index (κ3) is 1.91. The zero-order valence-corrected chi connectivity index (χ0v) is 9.57. The molecule has 0 saturated heterocycles. The Hall–Kier alpha value is -2.17. The van der Waals surface area contributed by atoms with Gasteiger partial charge in [-0.15, -0.1) is 0 Å². The maximum atomic E-state index is 13.8. The summed E-state index contributed by atoms with van der Waals surface area (Å²) in [5, 5.41) is 3.78. The van der Waals surface area contributed by atoms with E-state index in [9.17, 15) is 9.18 Å². The molecule has 17 heavy (non-hydrogen) atoms. The van der Waals surface area contributed by atoms with Crippen LogP contribution in [0.4, 0.5) is 10.1 Å². The molecular weight excluding hydrogens is 221 g/mol. The van der Waals surface area contributed by atoms with Gasteiger partial charge in [-0.3, -0.25) is 4.79 Å². The maximum absolute atomic E-state index is 13.8. The summed E-state index contributed by atoms with van der Waals surface area (Å²) >= 11 is 0. The Morgan fingerprint density at radius 2 is 2.06 bits per heavy atom. The van der Waals surface area contributed by atoms with Crippen LogP contribution in [0.25, 0.3) is 11.1 Å². The average molecular weight is 233 g/mol. The molecule has 88 valence electrons. The number of aromatic nitrogens is 2. The lowest BCUT2D eigenvalue weighted by Crippen LogP contribution is -2.20. The lowest BCUT2D eigenvalue weighted by atomic mass is 10.0. The van der Waals surface area contributed by atoms with Crippen molar-refractivity contribution >= 4 is 5.69 Å². The monoisotopic (exact) mass is 233 g/mol. The van der Waals surface area contributed by atoms with E-state index >= 15 is 0 Å². The standard InChI is InChI=1S/C12H12FN3O/c1-7-5-10(13)9(6-11(7)14)8-3-4-15-16(2)12(8)17/h3-6H,14H2,1-2H3. The molecule has 0 atom stereocenters. The van der Waals surface area contributed by atoms with E-state index in [-0.39, 0.29) is 16.7 Å². The van der Waals surface area contributed by atoms with Crippen molar-refractivity contribution in [2.45, 2.75) is 6.92 Å². The first-order valence-corrected chi connectivity index (χ1v) is 5.09. The minimum absolute atomic E-state index is 0.205. The minimum atomic E-state index is -0.458. The summed E-state index contributed by atoms with van der Waals surface area (Å²) in [4.78, 5) is 11.8. The summed E-state index contributed by atoms with van der Waals surface area (Å²) in [6, 6.07) is 4.28. The first kappa shape index (κ1) is 11.3. The van der Waals surface area contributed by atoms with Crippen LogP contribution in [-0.4, -0.2) is 9.78 Å². The van der Waals surface area contributed by atoms with Crippen molar-refractivity contribution in [1.82, 2.24) is 9.78 Å². The normalized spacial score (nSPS) is 10.5. The van der Waals surface area contributed by atoms with Gasteiger partial charge in [-0.2, -0.15) is 5.10 Å². The van der Waals surface area contributed by atoms with Gasteiger partial charge in [-0.1, -0.05) is 0 Å². The predicted octanol–water partition coefficient (Wildman–Crippen LogP) is 1.48. The summed E-state index contributed by atoms with van der Waals surface area (Å²) in [6.45, 7) is 1.72. The lowest BCUT2D eigenvalue weighted by molar-refractivity contribution is 0.629. The van der Waals surface area contributed by atoms with E-state index in [0.29, 0.717) is 11.3 Å². The van der Waals surface area contributed by atoms with E-state index in [1.807, 2.05) is 0 Å². The molecule has 2 N–H and O–H groups in total. The summed E-state index contributed by atoms with van der Waals surface area (Å²) < 4.78 is 15.0. The van der Waals surface area contributed by atoms with Crippen LogP contribution in [0.15, 0.2) is 29.2 Å². The van der Waals surface area contributed by atoms with Crippen LogP contribution in [0.3, 0.4) is 0 Å². The van der Waals surface area contributed by atoms with Crippen LogP contribution in [-0.2, 0) is 7.05 Å². The first-order chi connectivity index (χ1) is 8.00. The summed E-state index contributed by atoms with van der Waals surface area (Å²) in [6.07, 6.45) is 1.45. The van der Waals surface area contributed by atoms with Crippen LogP contribution in [0.1, 0.15) is 5.56 Å². The van der Waals surface area contributed by atoms with Gasteiger partial charge in [0, 0.05) is 24.5 Å². The zero-order valence-electron chi connectivity index (χ0n) is 9.57. The molecular formula is C12H12FN3O. The van der Waals surface area contributed by atoms with Crippen molar-refractivity contribution < 1.29 is 4.39 Å². The number of nitrogen functional groups attached to an aromatic ring is 1. The second-order valence-electron chi connectivity index (χ2n) is 3.86. The van der Waals surface area contributed by atoms with Crippen molar-refractivity contribution in [3.63, 3.8) is 0 Å². The molecule has 0 unspecified atom stereocenters. The Bertz CT molecular complexity index is 634. The second kappa shape index (κ2) is 4.01. The van der Waals surface area contributed by atoms with Gasteiger partial charge in [0.05, 0.1) is 5.56 Å². The molecule has 0 bridgehead atoms. The molecule has 0 radical (unpaired) electrons. The highest BCUT2D eigenvalue weighted by Crippen LogP contribution is 2.24. The number of benzene rings is 1. The molecule has 0 fully saturated rings. The highest BCUT2D eigenvalue weighted by Gasteiger charge is 2.11. The number of nitrogens with zero attached hydrogens (tertiary/aromatic N) is 2. The third-order valence-corrected chi connectivity index (χ3v) is 2.65. The SMILES string of the molecule is Cc1cc(F)c(-c2ccnn(C)c2=O)cc1N. The van der Waals surface area contributed by atoms with Crippen molar-refractivity contribution in [2.24, 2.45) is 7.05 Å². The van der Waals surface area contributed by atoms with Gasteiger partial charge in [-0.25, -0.2) is 9.07 Å². The molecule has 0 amide bonds. The molecule has 0 aliphatic rings. The first-order valence-electron chi connectivity index (χ1n) is 5.09. The van der Waals surface area contributed by atoms with E-state index in [2.05, 4.69) is 5.10 Å². The molecule has 2 aromatic rings. The third-order valence-electron chi connectivity index (χ3n) is 2.65. The van der Waals surface area contributed by atoms with Crippen LogP contribution in [0, 0.1) is 12.7 Å². The molecule has 0 saturated carbocycles. The predicted molar refractivity (Wildman–Crippen MR) is 64.0 cm³/mol. The molecule has 1 aromatic heterocycles. The van der Waals surface area contributed by atoms with E-state index in [1.165, 1.54) is 31.4 Å². The molecule has 1 aromatic carbocycles. The fourth-order valence-electron chi connectivity index (χ4n) is 1.61. The van der Waals surface area contributed by atoms with Gasteiger partial charge in [-0.05, 0) is 30.7 Å². The Labute approximate surface area is 97.5 Å². The van der Waals surface area contributed by atoms with E-state index in [1.54, 1.807) is 6.92 Å². The minimum Gasteiger partial charge on any atom is -0.398 e. The average Bonchev–Trinajstić information content (AvgIpc) is 2.28. The quantitative estimate of drug-likeness (QED) is 0.759. The van der Waals surface area contributed by atoms with Crippen LogP contribution in [0.2, 0.25) is 0 Å². The van der Waals surface area contributed by atoms with Gasteiger partial charge in [0.1, 0.15) is 5.82 Å². The van der Waals surface area contributed by atoms with Crippen molar-refractivity contribution in [2.75, 3.05) is 5.73 Å². The number of rotatable bonds is 1. The lowest BCUT2D eigenvalue weighted by Gasteiger charge is -2.07. The summed E-state index contributed by atoms with van der Waals surface area (Å²) in [5.74, 6) is -0.458. The van der Waals surface area contributed by atoms with E-state index < -0.39 is 5.82 Å². The number of halogens is 1. The number of anilines is 1. The Morgan fingerprint density at radius 3 is 2.76 bits per heavy atom. The molecule has 1 heterocycles. The van der Waals surface area contributed by atoms with E-state index in [4.69, 9.17) is 5.73 Å². The van der Waals surface area contributed by atoms with Crippen molar-refractivity contribution in [3.8, 4) is 11.1 Å². The number of aryl methyl sites for hydroxylation is 2. The van der Waals surface area contributed by atoms with Crippen molar-refractivity contribution in [1.29, 1.82) is 0 Å². The second-order valence-corrected chi connectivity index (χ2v) is 3.86. The molecule has 0 spiro atoms. The molecule has 2 rings (SSSR count). The van der Waals surface area contributed by atoms with Crippen LogP contribution < -0.4 is 11.3 Å². The van der Waals surface area contributed by atoms with Crippen molar-refractivity contribution in [3.05, 3.63) is 46.1 Å². The Balaban J connectivity index is 2.73. The van der Waals surface area contributed by atoms with Gasteiger partial charge in [0.15, 0.2) is 0 Å². The number of hydrogen-bond acceptors (Lipinski definition) is 3. The Kier molecular flexibility index (Phi) is 2.67. The smallest absolute Gasteiger partial charge is 0.274 e. The summed E-state index contributed by atoms with van der Waals surface area (Å²) in [7, 11) is 1.52. The fourth-order valence-corrected chi connectivity index (χ4v) is 1.61.